The molecule has 1 aliphatic rings. The van der Waals surface area contributed by atoms with E-state index in [0.717, 1.165) is 32.7 Å². The molecule has 0 saturated carbocycles. The van der Waals surface area contributed by atoms with Gasteiger partial charge in [0.15, 0.2) is 0 Å². The molecular formula is C13H26N4. The fraction of sp³-hybridized carbons (Fsp3) is 0.923. The van der Waals surface area contributed by atoms with Crippen LogP contribution in [-0.2, 0) is 0 Å². The molecule has 0 spiro atoms. The van der Waals surface area contributed by atoms with Gasteiger partial charge >= 0.3 is 0 Å². The number of piperazine rings is 1. The molecule has 1 N–H and O–H groups in total. The van der Waals surface area contributed by atoms with E-state index in [-0.39, 0.29) is 5.54 Å². The van der Waals surface area contributed by atoms with Crippen LogP contribution in [0.25, 0.3) is 0 Å². The molecule has 0 amide bonds. The standard InChI is InChI=1S/C13H26N4/c1-12(2,3)17-8-6-16(7-9-17)11-13(4,10-14)15-5/h15H,6-9,11H2,1-5H3. The molecule has 0 bridgehead atoms. The quantitative estimate of drug-likeness (QED) is 0.793. The van der Waals surface area contributed by atoms with Gasteiger partial charge < -0.3 is 5.32 Å². The first-order valence-electron chi connectivity index (χ1n) is 6.38. The maximum atomic E-state index is 9.15. The average Bonchev–Trinajstić information content (AvgIpc) is 2.28. The van der Waals surface area contributed by atoms with Crippen molar-refractivity contribution in [2.45, 2.75) is 38.8 Å². The molecular weight excluding hydrogens is 212 g/mol. The Labute approximate surface area is 106 Å². The minimum absolute atomic E-state index is 0.258. The van der Waals surface area contributed by atoms with Crippen molar-refractivity contribution in [1.29, 1.82) is 5.26 Å². The van der Waals surface area contributed by atoms with E-state index >= 15 is 0 Å². The van der Waals surface area contributed by atoms with Gasteiger partial charge in [0.05, 0.1) is 6.07 Å². The fourth-order valence-corrected chi connectivity index (χ4v) is 2.19. The third-order valence-electron chi connectivity index (χ3n) is 3.66. The summed E-state index contributed by atoms with van der Waals surface area (Å²) in [7, 11) is 1.86. The van der Waals surface area contributed by atoms with Gasteiger partial charge in [-0.1, -0.05) is 0 Å². The molecule has 1 atom stereocenters. The van der Waals surface area contributed by atoms with E-state index in [2.05, 4.69) is 42.0 Å². The van der Waals surface area contributed by atoms with Crippen molar-refractivity contribution in [2.75, 3.05) is 39.8 Å². The molecule has 0 aromatic carbocycles. The van der Waals surface area contributed by atoms with Gasteiger partial charge in [-0.15, -0.1) is 0 Å². The highest BCUT2D eigenvalue weighted by atomic mass is 15.3. The van der Waals surface area contributed by atoms with Gasteiger partial charge in [0, 0.05) is 38.3 Å². The molecule has 1 fully saturated rings. The fourth-order valence-electron chi connectivity index (χ4n) is 2.19. The van der Waals surface area contributed by atoms with E-state index in [9.17, 15) is 0 Å². The van der Waals surface area contributed by atoms with E-state index in [1.807, 2.05) is 14.0 Å². The van der Waals surface area contributed by atoms with Crippen LogP contribution in [0.4, 0.5) is 0 Å². The number of nitrogens with zero attached hydrogens (tertiary/aromatic N) is 3. The average molecular weight is 238 g/mol. The Kier molecular flexibility index (Phi) is 4.54. The number of nitrogens with one attached hydrogen (secondary N) is 1. The Balaban J connectivity index is 2.46. The van der Waals surface area contributed by atoms with E-state index in [1.165, 1.54) is 0 Å². The second kappa shape index (κ2) is 5.34. The van der Waals surface area contributed by atoms with Gasteiger partial charge in [-0.2, -0.15) is 5.26 Å². The van der Waals surface area contributed by atoms with E-state index in [0.29, 0.717) is 0 Å². The van der Waals surface area contributed by atoms with Crippen LogP contribution in [0.1, 0.15) is 27.7 Å². The van der Waals surface area contributed by atoms with Gasteiger partial charge in [0.2, 0.25) is 0 Å². The molecule has 0 radical (unpaired) electrons. The minimum atomic E-state index is -0.427. The van der Waals surface area contributed by atoms with E-state index < -0.39 is 5.54 Å². The molecule has 4 nitrogen and oxygen atoms in total. The molecule has 1 rings (SSSR count). The predicted molar refractivity (Wildman–Crippen MR) is 70.8 cm³/mol. The summed E-state index contributed by atoms with van der Waals surface area (Å²) in [5.41, 5.74) is -0.169. The van der Waals surface area contributed by atoms with Crippen molar-refractivity contribution in [3.8, 4) is 6.07 Å². The third kappa shape index (κ3) is 3.95. The van der Waals surface area contributed by atoms with E-state index in [4.69, 9.17) is 5.26 Å². The first-order chi connectivity index (χ1) is 7.80. The molecule has 4 heteroatoms. The van der Waals surface area contributed by atoms with Gasteiger partial charge in [0.25, 0.3) is 0 Å². The molecule has 1 heterocycles. The number of rotatable bonds is 3. The number of likely N-dealkylation sites (N-methyl/N-ethyl adjacent to an activating group) is 1. The van der Waals surface area contributed by atoms with Gasteiger partial charge in [-0.3, -0.25) is 9.80 Å². The lowest BCUT2D eigenvalue weighted by Gasteiger charge is -2.43. The first kappa shape index (κ1) is 14.4. The summed E-state index contributed by atoms with van der Waals surface area (Å²) in [6, 6.07) is 2.35. The lowest BCUT2D eigenvalue weighted by molar-refractivity contribution is 0.0551. The molecule has 0 aromatic rings. The van der Waals surface area contributed by atoms with Gasteiger partial charge in [-0.05, 0) is 34.7 Å². The van der Waals surface area contributed by atoms with Crippen molar-refractivity contribution in [3.05, 3.63) is 0 Å². The summed E-state index contributed by atoms with van der Waals surface area (Å²) in [6.07, 6.45) is 0. The third-order valence-corrected chi connectivity index (χ3v) is 3.66. The van der Waals surface area contributed by atoms with Crippen LogP contribution in [0.2, 0.25) is 0 Å². The highest BCUT2D eigenvalue weighted by Gasteiger charge is 2.30. The normalized spacial score (nSPS) is 23.1. The smallest absolute Gasteiger partial charge is 0.116 e. The number of hydrogen-bond donors (Lipinski definition) is 1. The van der Waals surface area contributed by atoms with Gasteiger partial charge in [-0.25, -0.2) is 0 Å². The monoisotopic (exact) mass is 238 g/mol. The Morgan fingerprint density at radius 2 is 1.65 bits per heavy atom. The highest BCUT2D eigenvalue weighted by molar-refractivity contribution is 5.05. The Bertz CT molecular complexity index is 281. The highest BCUT2D eigenvalue weighted by Crippen LogP contribution is 2.16. The van der Waals surface area contributed by atoms with Crippen molar-refractivity contribution in [3.63, 3.8) is 0 Å². The molecule has 1 aliphatic heterocycles. The van der Waals surface area contributed by atoms with Crippen LogP contribution in [-0.4, -0.2) is 60.6 Å². The maximum absolute atomic E-state index is 9.15. The molecule has 1 saturated heterocycles. The zero-order valence-corrected chi connectivity index (χ0v) is 11.9. The van der Waals surface area contributed by atoms with Crippen molar-refractivity contribution >= 4 is 0 Å². The Hall–Kier alpha value is -0.630. The molecule has 98 valence electrons. The summed E-state index contributed by atoms with van der Waals surface area (Å²) in [5.74, 6) is 0. The lowest BCUT2D eigenvalue weighted by atomic mass is 10.0. The number of nitriles is 1. The summed E-state index contributed by atoms with van der Waals surface area (Å²) in [6.45, 7) is 13.8. The SMILES string of the molecule is CNC(C)(C#N)CN1CCN(C(C)(C)C)CC1. The molecule has 0 aliphatic carbocycles. The summed E-state index contributed by atoms with van der Waals surface area (Å²) >= 11 is 0. The topological polar surface area (TPSA) is 42.3 Å². The minimum Gasteiger partial charge on any atom is -0.302 e. The maximum Gasteiger partial charge on any atom is 0.116 e. The second-order valence-electron chi connectivity index (χ2n) is 6.13. The van der Waals surface area contributed by atoms with Crippen LogP contribution in [0.3, 0.4) is 0 Å². The van der Waals surface area contributed by atoms with Crippen LogP contribution in [0.15, 0.2) is 0 Å². The zero-order chi connectivity index (χ0) is 13.1. The predicted octanol–water partition coefficient (Wildman–Crippen LogP) is 0.904. The van der Waals surface area contributed by atoms with Crippen LogP contribution < -0.4 is 5.32 Å². The molecule has 17 heavy (non-hydrogen) atoms. The lowest BCUT2D eigenvalue weighted by Crippen LogP contribution is -2.57. The van der Waals surface area contributed by atoms with Crippen molar-refractivity contribution in [2.24, 2.45) is 0 Å². The van der Waals surface area contributed by atoms with Crippen LogP contribution in [0, 0.1) is 11.3 Å². The van der Waals surface area contributed by atoms with Crippen molar-refractivity contribution < 1.29 is 0 Å². The Morgan fingerprint density at radius 1 is 1.12 bits per heavy atom. The Morgan fingerprint density at radius 3 is 2.00 bits per heavy atom. The summed E-state index contributed by atoms with van der Waals surface area (Å²) in [5, 5.41) is 12.2. The summed E-state index contributed by atoms with van der Waals surface area (Å²) in [4.78, 5) is 4.88. The molecule has 0 aromatic heterocycles. The van der Waals surface area contributed by atoms with Crippen molar-refractivity contribution in [1.82, 2.24) is 15.1 Å². The van der Waals surface area contributed by atoms with E-state index in [1.54, 1.807) is 0 Å². The second-order valence-corrected chi connectivity index (χ2v) is 6.13. The largest absolute Gasteiger partial charge is 0.302 e. The molecule has 1 unspecified atom stereocenters. The van der Waals surface area contributed by atoms with Crippen LogP contribution >= 0.6 is 0 Å². The van der Waals surface area contributed by atoms with Gasteiger partial charge in [0.1, 0.15) is 5.54 Å². The zero-order valence-electron chi connectivity index (χ0n) is 11.9. The number of hydrogen-bond acceptors (Lipinski definition) is 4. The summed E-state index contributed by atoms with van der Waals surface area (Å²) < 4.78 is 0. The van der Waals surface area contributed by atoms with Crippen LogP contribution in [0.5, 0.6) is 0 Å². The first-order valence-corrected chi connectivity index (χ1v) is 6.38.